The van der Waals surface area contributed by atoms with Crippen LogP contribution in [0.15, 0.2) is 61.2 Å². The molecule has 1 aromatic carbocycles. The van der Waals surface area contributed by atoms with Crippen LogP contribution in [-0.2, 0) is 13.1 Å². The summed E-state index contributed by atoms with van der Waals surface area (Å²) in [5.41, 5.74) is 2.45. The van der Waals surface area contributed by atoms with Crippen LogP contribution in [0.5, 0.6) is 0 Å². The lowest BCUT2D eigenvalue weighted by Gasteiger charge is -2.21. The maximum absolute atomic E-state index is 4.44. The van der Waals surface area contributed by atoms with Gasteiger partial charge in [0.2, 0.25) is 0 Å². The van der Waals surface area contributed by atoms with E-state index in [4.69, 9.17) is 0 Å². The molecular weight excluding hydrogens is 286 g/mol. The summed E-state index contributed by atoms with van der Waals surface area (Å²) in [4.78, 5) is 0. The number of hydrogen-bond acceptors (Lipinski definition) is 3. The summed E-state index contributed by atoms with van der Waals surface area (Å²) in [6, 6.07) is 13.0. The molecule has 0 bridgehead atoms. The van der Waals surface area contributed by atoms with Crippen LogP contribution in [0, 0.1) is 0 Å². The van der Waals surface area contributed by atoms with Crippen molar-refractivity contribution >= 4 is 0 Å². The molecule has 0 aliphatic heterocycles. The van der Waals surface area contributed by atoms with Gasteiger partial charge < -0.3 is 5.32 Å². The van der Waals surface area contributed by atoms with Gasteiger partial charge in [0.25, 0.3) is 0 Å². The Morgan fingerprint density at radius 3 is 2.61 bits per heavy atom. The highest BCUT2D eigenvalue weighted by Crippen LogP contribution is 2.10. The molecule has 0 spiro atoms. The molecule has 0 amide bonds. The average Bonchev–Trinajstić information content (AvgIpc) is 3.25. The summed E-state index contributed by atoms with van der Waals surface area (Å²) in [5, 5.41) is 12.3. The molecule has 5 heteroatoms. The fourth-order valence-electron chi connectivity index (χ4n) is 2.55. The van der Waals surface area contributed by atoms with E-state index in [1.54, 1.807) is 0 Å². The van der Waals surface area contributed by atoms with Crippen LogP contribution < -0.4 is 5.32 Å². The van der Waals surface area contributed by atoms with E-state index in [2.05, 4.69) is 59.8 Å². The van der Waals surface area contributed by atoms with Gasteiger partial charge in [-0.05, 0) is 25.5 Å². The van der Waals surface area contributed by atoms with E-state index in [9.17, 15) is 0 Å². The molecule has 0 aliphatic rings. The Labute approximate surface area is 136 Å². The highest BCUT2D eigenvalue weighted by atomic mass is 15.3. The number of nitrogens with zero attached hydrogens (tertiary/aromatic N) is 4. The number of aromatic nitrogens is 4. The fourth-order valence-corrected chi connectivity index (χ4v) is 2.55. The van der Waals surface area contributed by atoms with Gasteiger partial charge in [-0.2, -0.15) is 10.2 Å². The Hall–Kier alpha value is -2.40. The van der Waals surface area contributed by atoms with Crippen molar-refractivity contribution in [1.29, 1.82) is 0 Å². The first-order valence-electron chi connectivity index (χ1n) is 8.00. The maximum Gasteiger partial charge on any atom is 0.0659 e. The lowest BCUT2D eigenvalue weighted by atomic mass is 10.1. The van der Waals surface area contributed by atoms with Gasteiger partial charge in [-0.3, -0.25) is 9.36 Å². The Morgan fingerprint density at radius 2 is 1.87 bits per heavy atom. The molecule has 0 saturated carbocycles. The molecule has 2 atom stereocenters. The van der Waals surface area contributed by atoms with E-state index in [0.29, 0.717) is 12.1 Å². The second-order valence-corrected chi connectivity index (χ2v) is 5.93. The van der Waals surface area contributed by atoms with E-state index in [0.717, 1.165) is 13.1 Å². The van der Waals surface area contributed by atoms with Crippen molar-refractivity contribution in [1.82, 2.24) is 24.9 Å². The van der Waals surface area contributed by atoms with Gasteiger partial charge >= 0.3 is 0 Å². The molecule has 120 valence electrons. The molecule has 0 fully saturated rings. The van der Waals surface area contributed by atoms with Crippen molar-refractivity contribution in [3.05, 3.63) is 72.3 Å². The Balaban J connectivity index is 1.53. The third-order valence-corrected chi connectivity index (χ3v) is 4.17. The predicted molar refractivity (Wildman–Crippen MR) is 91.0 cm³/mol. The average molecular weight is 309 g/mol. The molecule has 0 aliphatic carbocycles. The molecule has 5 nitrogen and oxygen atoms in total. The molecule has 1 N–H and O–H groups in total. The SMILES string of the molecule is CC(NCc1cnn(Cc2ccccc2)c1)C(C)n1cccn1. The highest BCUT2D eigenvalue weighted by molar-refractivity contribution is 5.15. The minimum Gasteiger partial charge on any atom is -0.308 e. The van der Waals surface area contributed by atoms with Gasteiger partial charge in [0.15, 0.2) is 0 Å². The molecule has 0 saturated heterocycles. The maximum atomic E-state index is 4.44. The summed E-state index contributed by atoms with van der Waals surface area (Å²) in [7, 11) is 0. The molecule has 0 radical (unpaired) electrons. The second-order valence-electron chi connectivity index (χ2n) is 5.93. The normalized spacial score (nSPS) is 13.8. The van der Waals surface area contributed by atoms with Gasteiger partial charge in [-0.15, -0.1) is 0 Å². The number of rotatable bonds is 7. The Kier molecular flexibility index (Phi) is 4.88. The van der Waals surface area contributed by atoms with E-state index in [-0.39, 0.29) is 0 Å². The van der Waals surface area contributed by atoms with Gasteiger partial charge in [0.05, 0.1) is 18.8 Å². The summed E-state index contributed by atoms with van der Waals surface area (Å²) in [6.07, 6.45) is 7.85. The lowest BCUT2D eigenvalue weighted by molar-refractivity contribution is 0.365. The first-order chi connectivity index (χ1) is 11.2. The van der Waals surface area contributed by atoms with E-state index >= 15 is 0 Å². The number of benzene rings is 1. The van der Waals surface area contributed by atoms with Crippen molar-refractivity contribution < 1.29 is 0 Å². The van der Waals surface area contributed by atoms with Crippen LogP contribution in [0.2, 0.25) is 0 Å². The van der Waals surface area contributed by atoms with Crippen LogP contribution in [-0.4, -0.2) is 25.6 Å². The van der Waals surface area contributed by atoms with Gasteiger partial charge in [0, 0.05) is 36.7 Å². The molecule has 3 rings (SSSR count). The quantitative estimate of drug-likeness (QED) is 0.730. The number of hydrogen-bond donors (Lipinski definition) is 1. The molecule has 2 unspecified atom stereocenters. The largest absolute Gasteiger partial charge is 0.308 e. The summed E-state index contributed by atoms with van der Waals surface area (Å²) in [5.74, 6) is 0. The Bertz CT molecular complexity index is 702. The standard InChI is InChI=1S/C18H23N5/c1-15(16(2)23-10-6-9-20-23)19-11-18-12-21-22(14-18)13-17-7-4-3-5-8-17/h3-10,12,14-16,19H,11,13H2,1-2H3. The minimum atomic E-state index is 0.310. The first-order valence-corrected chi connectivity index (χ1v) is 8.00. The Morgan fingerprint density at radius 1 is 1.04 bits per heavy atom. The van der Waals surface area contributed by atoms with Crippen molar-refractivity contribution in [3.63, 3.8) is 0 Å². The summed E-state index contributed by atoms with van der Waals surface area (Å²) >= 11 is 0. The van der Waals surface area contributed by atoms with Crippen LogP contribution in [0.4, 0.5) is 0 Å². The van der Waals surface area contributed by atoms with Crippen molar-refractivity contribution in [3.8, 4) is 0 Å². The van der Waals surface area contributed by atoms with Crippen molar-refractivity contribution in [2.24, 2.45) is 0 Å². The predicted octanol–water partition coefficient (Wildman–Crippen LogP) is 2.87. The molecule has 2 aromatic heterocycles. The molecule has 2 heterocycles. The smallest absolute Gasteiger partial charge is 0.0659 e. The zero-order valence-electron chi connectivity index (χ0n) is 13.6. The molecule has 3 aromatic rings. The van der Waals surface area contributed by atoms with Crippen LogP contribution >= 0.6 is 0 Å². The van der Waals surface area contributed by atoms with Crippen molar-refractivity contribution in [2.45, 2.75) is 39.0 Å². The van der Waals surface area contributed by atoms with Crippen LogP contribution in [0.3, 0.4) is 0 Å². The van der Waals surface area contributed by atoms with Gasteiger partial charge in [-0.25, -0.2) is 0 Å². The molecular formula is C18H23N5. The zero-order chi connectivity index (χ0) is 16.1. The highest BCUT2D eigenvalue weighted by Gasteiger charge is 2.13. The van der Waals surface area contributed by atoms with E-state index in [1.165, 1.54) is 11.1 Å². The van der Waals surface area contributed by atoms with E-state index < -0.39 is 0 Å². The minimum absolute atomic E-state index is 0.310. The van der Waals surface area contributed by atoms with Gasteiger partial charge in [-0.1, -0.05) is 30.3 Å². The zero-order valence-corrected chi connectivity index (χ0v) is 13.6. The molecule has 23 heavy (non-hydrogen) atoms. The van der Waals surface area contributed by atoms with Crippen LogP contribution in [0.1, 0.15) is 31.0 Å². The number of nitrogens with one attached hydrogen (secondary N) is 1. The van der Waals surface area contributed by atoms with Crippen molar-refractivity contribution in [2.75, 3.05) is 0 Å². The van der Waals surface area contributed by atoms with Crippen LogP contribution in [0.25, 0.3) is 0 Å². The topological polar surface area (TPSA) is 47.7 Å². The lowest BCUT2D eigenvalue weighted by Crippen LogP contribution is -2.33. The third kappa shape index (κ3) is 4.07. The summed E-state index contributed by atoms with van der Waals surface area (Å²) < 4.78 is 3.96. The first kappa shape index (κ1) is 15.5. The fraction of sp³-hybridized carbons (Fsp3) is 0.333. The van der Waals surface area contributed by atoms with E-state index in [1.807, 2.05) is 40.1 Å². The second kappa shape index (κ2) is 7.24. The third-order valence-electron chi connectivity index (χ3n) is 4.17. The summed E-state index contributed by atoms with van der Waals surface area (Å²) in [6.45, 7) is 5.96. The monoisotopic (exact) mass is 309 g/mol. The van der Waals surface area contributed by atoms with Gasteiger partial charge in [0.1, 0.15) is 0 Å².